The normalized spacial score (nSPS) is 21.1. The lowest BCUT2D eigenvalue weighted by atomic mass is 10.1. The van der Waals surface area contributed by atoms with Gasteiger partial charge in [0.15, 0.2) is 0 Å². The van der Waals surface area contributed by atoms with Gasteiger partial charge < -0.3 is 5.11 Å². The summed E-state index contributed by atoms with van der Waals surface area (Å²) in [7, 11) is 0. The highest BCUT2D eigenvalue weighted by atomic mass is 32.2. The average Bonchev–Trinajstić information content (AvgIpc) is 3.16. The van der Waals surface area contributed by atoms with Gasteiger partial charge >= 0.3 is 5.97 Å². The van der Waals surface area contributed by atoms with Crippen LogP contribution in [0.15, 0.2) is 48.5 Å². The average molecular weight is 399 g/mol. The summed E-state index contributed by atoms with van der Waals surface area (Å²) in [5.41, 5.74) is 0. The smallest absolute Gasteiger partial charge is 0.303 e. The maximum absolute atomic E-state index is 10.8. The van der Waals surface area contributed by atoms with Crippen LogP contribution in [0.5, 0.6) is 0 Å². The van der Waals surface area contributed by atoms with Gasteiger partial charge in [-0.3, -0.25) is 4.79 Å². The number of hydrogen-bond donors (Lipinski definition) is 1. The van der Waals surface area contributed by atoms with E-state index >= 15 is 0 Å². The zero-order valence-corrected chi connectivity index (χ0v) is 17.4. The van der Waals surface area contributed by atoms with E-state index in [0.717, 1.165) is 37.2 Å². The quantitative estimate of drug-likeness (QED) is 0.194. The molecular weight excluding hydrogens is 360 g/mol. The first kappa shape index (κ1) is 17.2. The third-order valence-electron chi connectivity index (χ3n) is 3.84. The summed E-state index contributed by atoms with van der Waals surface area (Å²) < 4.78 is 31.9. The van der Waals surface area contributed by atoms with Crippen LogP contribution in [-0.2, 0) is 4.79 Å². The second-order valence-electron chi connectivity index (χ2n) is 6.09. The number of rotatable bonds is 14. The number of thioether (sulfide) groups is 2. The SMILES string of the molecule is [2H]/C(C/C=C\C=C\C1(CCCC(=O)O)SCCS1)=C(\[2H])C/C([2H])=C(/[2H])CCCCC. The predicted octanol–water partition coefficient (Wildman–Crippen LogP) is 7.00. The summed E-state index contributed by atoms with van der Waals surface area (Å²) in [4.78, 5) is 10.8. The number of hydrogen-bond acceptors (Lipinski definition) is 3. The van der Waals surface area contributed by atoms with Gasteiger partial charge in [-0.2, -0.15) is 0 Å². The molecule has 0 aliphatic carbocycles. The molecule has 0 unspecified atom stereocenters. The van der Waals surface area contributed by atoms with E-state index < -0.39 is 5.97 Å². The van der Waals surface area contributed by atoms with Crippen LogP contribution in [0.2, 0.25) is 0 Å². The fourth-order valence-corrected chi connectivity index (χ4v) is 5.60. The molecule has 146 valence electrons. The van der Waals surface area contributed by atoms with Crippen LogP contribution in [0.25, 0.3) is 0 Å². The van der Waals surface area contributed by atoms with E-state index in [-0.39, 0.29) is 41.1 Å². The van der Waals surface area contributed by atoms with Gasteiger partial charge in [-0.25, -0.2) is 0 Å². The van der Waals surface area contributed by atoms with Crippen LogP contribution < -0.4 is 0 Å². The number of carboxylic acids is 1. The molecule has 2 nitrogen and oxygen atoms in total. The van der Waals surface area contributed by atoms with Crippen molar-refractivity contribution >= 4 is 29.5 Å². The van der Waals surface area contributed by atoms with E-state index in [9.17, 15) is 4.79 Å². The molecule has 0 aromatic heterocycles. The molecule has 4 heteroatoms. The van der Waals surface area contributed by atoms with Gasteiger partial charge in [-0.15, -0.1) is 23.5 Å². The minimum atomic E-state index is -0.757. The van der Waals surface area contributed by atoms with Gasteiger partial charge in [-0.05, 0) is 38.5 Å². The number of allylic oxidation sites excluding steroid dienone is 7. The molecular formula is C22H34O2S2. The molecule has 0 radical (unpaired) electrons. The minimum absolute atomic E-state index is 0.0490. The Kier molecular flexibility index (Phi) is 10.1. The maximum Gasteiger partial charge on any atom is 0.303 e. The van der Waals surface area contributed by atoms with Gasteiger partial charge in [0.1, 0.15) is 0 Å². The molecule has 0 spiro atoms. The molecule has 1 fully saturated rings. The summed E-state index contributed by atoms with van der Waals surface area (Å²) in [6.45, 7) is 2.10. The highest BCUT2D eigenvalue weighted by Crippen LogP contribution is 2.48. The Morgan fingerprint density at radius 1 is 1.08 bits per heavy atom. The van der Waals surface area contributed by atoms with Crippen molar-refractivity contribution in [2.24, 2.45) is 0 Å². The van der Waals surface area contributed by atoms with Crippen molar-refractivity contribution < 1.29 is 15.4 Å². The summed E-state index contributed by atoms with van der Waals surface area (Å²) in [5, 5.41) is 8.84. The Morgan fingerprint density at radius 3 is 2.54 bits per heavy atom. The van der Waals surface area contributed by atoms with E-state index in [1.54, 1.807) is 0 Å². The van der Waals surface area contributed by atoms with E-state index in [0.29, 0.717) is 19.3 Å². The summed E-state index contributed by atoms with van der Waals surface area (Å²) >= 11 is 3.71. The minimum Gasteiger partial charge on any atom is -0.481 e. The lowest BCUT2D eigenvalue weighted by Gasteiger charge is -2.22. The van der Waals surface area contributed by atoms with Gasteiger partial charge in [0, 0.05) is 17.9 Å². The van der Waals surface area contributed by atoms with Crippen molar-refractivity contribution in [2.45, 2.75) is 68.8 Å². The number of unbranched alkanes of at least 4 members (excludes halogenated alkanes) is 2. The Balaban J connectivity index is 2.55. The number of carboxylic acid groups (broad SMARTS) is 1. The van der Waals surface area contributed by atoms with E-state index in [2.05, 4.69) is 13.0 Å². The monoisotopic (exact) mass is 398 g/mol. The van der Waals surface area contributed by atoms with Gasteiger partial charge in [0.25, 0.3) is 0 Å². The molecule has 1 aliphatic heterocycles. The van der Waals surface area contributed by atoms with Gasteiger partial charge in [0.2, 0.25) is 0 Å². The van der Waals surface area contributed by atoms with E-state index in [1.807, 2.05) is 41.8 Å². The summed E-state index contributed by atoms with van der Waals surface area (Å²) in [6.07, 6.45) is 13.4. The molecule has 1 N–H and O–H groups in total. The van der Waals surface area contributed by atoms with E-state index in [4.69, 9.17) is 10.6 Å². The van der Waals surface area contributed by atoms with Crippen molar-refractivity contribution in [3.05, 3.63) is 48.5 Å². The van der Waals surface area contributed by atoms with Crippen LogP contribution in [0.3, 0.4) is 0 Å². The lowest BCUT2D eigenvalue weighted by molar-refractivity contribution is -0.137. The Morgan fingerprint density at radius 2 is 1.81 bits per heavy atom. The highest BCUT2D eigenvalue weighted by molar-refractivity contribution is 8.21. The maximum atomic E-state index is 10.8. The molecule has 26 heavy (non-hydrogen) atoms. The molecule has 0 saturated carbocycles. The predicted molar refractivity (Wildman–Crippen MR) is 119 cm³/mol. The van der Waals surface area contributed by atoms with Crippen molar-refractivity contribution in [1.29, 1.82) is 0 Å². The molecule has 0 aromatic carbocycles. The third kappa shape index (κ3) is 11.7. The van der Waals surface area contributed by atoms with Crippen LogP contribution in [0, 0.1) is 0 Å². The van der Waals surface area contributed by atoms with Crippen molar-refractivity contribution in [2.75, 3.05) is 11.5 Å². The second-order valence-corrected chi connectivity index (χ2v) is 9.20. The highest BCUT2D eigenvalue weighted by Gasteiger charge is 2.32. The van der Waals surface area contributed by atoms with Crippen molar-refractivity contribution in [3.63, 3.8) is 0 Å². The first-order valence-corrected chi connectivity index (χ1v) is 11.4. The third-order valence-corrected chi connectivity index (χ3v) is 7.28. The fourth-order valence-electron chi connectivity index (χ4n) is 2.48. The Hall–Kier alpha value is -0.870. The summed E-state index contributed by atoms with van der Waals surface area (Å²) in [5.74, 6) is 1.37. The molecule has 0 atom stereocenters. The van der Waals surface area contributed by atoms with Gasteiger partial charge in [0.05, 0.1) is 9.56 Å². The van der Waals surface area contributed by atoms with Gasteiger partial charge in [-0.1, -0.05) is 68.3 Å². The lowest BCUT2D eigenvalue weighted by Crippen LogP contribution is -2.13. The van der Waals surface area contributed by atoms with Crippen LogP contribution >= 0.6 is 23.5 Å². The topological polar surface area (TPSA) is 37.3 Å². The second kappa shape index (κ2) is 15.2. The van der Waals surface area contributed by atoms with Crippen LogP contribution in [-0.4, -0.2) is 26.7 Å². The molecule has 0 bridgehead atoms. The largest absolute Gasteiger partial charge is 0.481 e. The molecule has 1 heterocycles. The Bertz CT molecular complexity index is 666. The first-order valence-electron chi connectivity index (χ1n) is 11.4. The zero-order valence-electron chi connectivity index (χ0n) is 19.8. The van der Waals surface area contributed by atoms with Crippen molar-refractivity contribution in [1.82, 2.24) is 0 Å². The molecule has 0 amide bonds. The molecule has 0 aromatic rings. The molecule has 1 rings (SSSR count). The fraction of sp³-hybridized carbons (Fsp3) is 0.591. The van der Waals surface area contributed by atoms with Crippen LogP contribution in [0.1, 0.15) is 70.2 Å². The van der Waals surface area contributed by atoms with E-state index in [1.165, 1.54) is 0 Å². The summed E-state index contributed by atoms with van der Waals surface area (Å²) in [6, 6.07) is 0.690. The molecule has 1 aliphatic rings. The van der Waals surface area contributed by atoms with Crippen LogP contribution in [0.4, 0.5) is 0 Å². The molecule has 1 saturated heterocycles. The standard InChI is InChI=1S/C22H34O2S2/c1-2-3-4-5-6-7-8-9-10-11-12-13-14-17-22(25-19-20-26-22)18-15-16-21(23)24/h6-7,9-10,12-14,17H,2-5,8,11,15-16,18-20H2,1H3,(H,23,24)/b7-6-,10-9-,13-12-,17-14+/i6D,7D,9D,10D. The zero-order chi connectivity index (χ0) is 22.4. The Labute approximate surface area is 173 Å². The van der Waals surface area contributed by atoms with Crippen molar-refractivity contribution in [3.8, 4) is 0 Å². The first-order chi connectivity index (χ1) is 14.3. The number of aliphatic carboxylic acids is 1. The number of carbonyl (C=O) groups is 1.